The first-order valence-corrected chi connectivity index (χ1v) is 10.8. The second-order valence-corrected chi connectivity index (χ2v) is 7.80. The summed E-state index contributed by atoms with van der Waals surface area (Å²) >= 11 is 12.4. The van der Waals surface area contributed by atoms with Crippen molar-refractivity contribution in [2.45, 2.75) is 13.0 Å². The second kappa shape index (κ2) is 10.8. The summed E-state index contributed by atoms with van der Waals surface area (Å²) in [4.78, 5) is 27.1. The number of halogens is 2. The number of amides is 1. The van der Waals surface area contributed by atoms with Crippen molar-refractivity contribution in [2.24, 2.45) is 0 Å². The summed E-state index contributed by atoms with van der Waals surface area (Å²) in [5.74, 6) is -1.31. The van der Waals surface area contributed by atoms with Gasteiger partial charge in [0.1, 0.15) is 11.5 Å². The number of nitrogens with zero attached hydrogens (tertiary/aromatic N) is 1. The van der Waals surface area contributed by atoms with Crippen LogP contribution in [0, 0.1) is 0 Å². The van der Waals surface area contributed by atoms with E-state index in [0.717, 1.165) is 0 Å². The van der Waals surface area contributed by atoms with Crippen molar-refractivity contribution in [3.05, 3.63) is 69.2 Å². The van der Waals surface area contributed by atoms with Gasteiger partial charge in [-0.3, -0.25) is 9.59 Å². The predicted octanol–water partition coefficient (Wildman–Crippen LogP) is 3.82. The number of hydrogen-bond donors (Lipinski definition) is 2. The van der Waals surface area contributed by atoms with Crippen LogP contribution in [0.2, 0.25) is 10.0 Å². The molecule has 0 spiro atoms. The minimum absolute atomic E-state index is 0.0637. The molecule has 1 heterocycles. The molecule has 1 saturated heterocycles. The van der Waals surface area contributed by atoms with E-state index in [1.54, 1.807) is 36.4 Å². The van der Waals surface area contributed by atoms with E-state index in [1.807, 2.05) is 6.92 Å². The Morgan fingerprint density at radius 3 is 2.44 bits per heavy atom. The molecular formula is C23H23Cl2NO6. The molecule has 0 aliphatic carbocycles. The lowest BCUT2D eigenvalue weighted by Crippen LogP contribution is -2.33. The van der Waals surface area contributed by atoms with Crippen molar-refractivity contribution in [3.8, 4) is 5.75 Å². The van der Waals surface area contributed by atoms with Crippen LogP contribution in [0.5, 0.6) is 5.75 Å². The average molecular weight is 480 g/mol. The Bertz CT molecular complexity index is 1020. The second-order valence-electron chi connectivity index (χ2n) is 6.95. The number of likely N-dealkylation sites (tertiary alicyclic amines) is 1. The summed E-state index contributed by atoms with van der Waals surface area (Å²) in [5, 5.41) is 20.6. The number of rotatable bonds is 9. The standard InChI is InChI=1S/C23H23Cl2NO6/c1-2-32-16-6-3-14(4-7-16)21(28)19-20(17-8-5-15(24)13-18(17)25)26(23(30)22(19)29)9-11-31-12-10-27/h3-8,13,20,27-28H,2,9-12H2,1H3/t20-/m1/s1. The summed E-state index contributed by atoms with van der Waals surface area (Å²) in [6, 6.07) is 10.4. The van der Waals surface area contributed by atoms with Crippen LogP contribution in [-0.4, -0.2) is 59.8 Å². The van der Waals surface area contributed by atoms with E-state index in [-0.39, 0.29) is 42.7 Å². The highest BCUT2D eigenvalue weighted by molar-refractivity contribution is 6.47. The molecule has 2 N–H and O–H groups in total. The lowest BCUT2D eigenvalue weighted by Gasteiger charge is -2.26. The third kappa shape index (κ3) is 5.07. The molecule has 7 nitrogen and oxygen atoms in total. The van der Waals surface area contributed by atoms with Gasteiger partial charge in [0.2, 0.25) is 0 Å². The number of aliphatic hydroxyl groups excluding tert-OH is 2. The normalized spacial score (nSPS) is 17.8. The Kier molecular flexibility index (Phi) is 8.15. The van der Waals surface area contributed by atoms with Crippen molar-refractivity contribution in [1.82, 2.24) is 4.90 Å². The predicted molar refractivity (Wildman–Crippen MR) is 121 cm³/mol. The number of aliphatic hydroxyl groups is 2. The molecule has 3 rings (SSSR count). The zero-order valence-electron chi connectivity index (χ0n) is 17.4. The van der Waals surface area contributed by atoms with Gasteiger partial charge in [0.25, 0.3) is 11.7 Å². The molecule has 0 aromatic heterocycles. The highest BCUT2D eigenvalue weighted by Gasteiger charge is 2.46. The summed E-state index contributed by atoms with van der Waals surface area (Å²) in [6.07, 6.45) is 0. The highest BCUT2D eigenvalue weighted by atomic mass is 35.5. The SMILES string of the molecule is CCOc1ccc(C(O)=C2C(=O)C(=O)N(CCOCCO)[C@@H]2c2ccc(Cl)cc2Cl)cc1. The number of ether oxygens (including phenoxy) is 2. The Balaban J connectivity index is 2.07. The van der Waals surface area contributed by atoms with E-state index in [2.05, 4.69) is 0 Å². The quantitative estimate of drug-likeness (QED) is 0.245. The van der Waals surface area contributed by atoms with Crippen molar-refractivity contribution < 1.29 is 29.3 Å². The van der Waals surface area contributed by atoms with Gasteiger partial charge in [-0.05, 0) is 48.9 Å². The van der Waals surface area contributed by atoms with Gasteiger partial charge in [0, 0.05) is 22.2 Å². The van der Waals surface area contributed by atoms with Crippen LogP contribution in [0.3, 0.4) is 0 Å². The van der Waals surface area contributed by atoms with Crippen LogP contribution < -0.4 is 4.74 Å². The van der Waals surface area contributed by atoms with Gasteiger partial charge in [0.15, 0.2) is 0 Å². The molecule has 0 saturated carbocycles. The molecule has 1 atom stereocenters. The average Bonchev–Trinajstić information content (AvgIpc) is 3.02. The zero-order valence-corrected chi connectivity index (χ0v) is 18.9. The van der Waals surface area contributed by atoms with Crippen LogP contribution in [0.4, 0.5) is 0 Å². The van der Waals surface area contributed by atoms with Crippen LogP contribution >= 0.6 is 23.2 Å². The number of benzene rings is 2. The van der Waals surface area contributed by atoms with Crippen molar-refractivity contribution in [3.63, 3.8) is 0 Å². The smallest absolute Gasteiger partial charge is 0.295 e. The van der Waals surface area contributed by atoms with Gasteiger partial charge in [-0.25, -0.2) is 0 Å². The molecule has 1 aliphatic rings. The fraction of sp³-hybridized carbons (Fsp3) is 0.304. The van der Waals surface area contributed by atoms with Crippen molar-refractivity contribution in [1.29, 1.82) is 0 Å². The number of carbonyl (C=O) groups is 2. The maximum Gasteiger partial charge on any atom is 0.295 e. The number of Topliss-reactive ketones (excluding diaryl/α,β-unsaturated/α-hetero) is 1. The van der Waals surface area contributed by atoms with Gasteiger partial charge in [-0.1, -0.05) is 29.3 Å². The summed E-state index contributed by atoms with van der Waals surface area (Å²) < 4.78 is 10.7. The van der Waals surface area contributed by atoms with Gasteiger partial charge >= 0.3 is 0 Å². The monoisotopic (exact) mass is 479 g/mol. The maximum atomic E-state index is 13.0. The van der Waals surface area contributed by atoms with E-state index >= 15 is 0 Å². The molecule has 1 amide bonds. The fourth-order valence-corrected chi connectivity index (χ4v) is 4.03. The first-order chi connectivity index (χ1) is 15.4. The van der Waals surface area contributed by atoms with Gasteiger partial charge in [0.05, 0.1) is 38.0 Å². The Hall–Kier alpha value is -2.58. The molecular weight excluding hydrogens is 457 g/mol. The highest BCUT2D eigenvalue weighted by Crippen LogP contribution is 2.42. The van der Waals surface area contributed by atoms with E-state index in [4.69, 9.17) is 37.8 Å². The summed E-state index contributed by atoms with van der Waals surface area (Å²) in [7, 11) is 0. The zero-order chi connectivity index (χ0) is 23.3. The molecule has 1 aliphatic heterocycles. The van der Waals surface area contributed by atoms with Crippen molar-refractivity contribution >= 4 is 40.7 Å². The van der Waals surface area contributed by atoms with E-state index in [1.165, 1.54) is 11.0 Å². The minimum atomic E-state index is -0.927. The minimum Gasteiger partial charge on any atom is -0.507 e. The lowest BCUT2D eigenvalue weighted by atomic mass is 9.95. The third-order valence-electron chi connectivity index (χ3n) is 4.95. The summed E-state index contributed by atoms with van der Waals surface area (Å²) in [6.45, 7) is 2.44. The lowest BCUT2D eigenvalue weighted by molar-refractivity contribution is -0.140. The van der Waals surface area contributed by atoms with Crippen LogP contribution in [0.1, 0.15) is 24.1 Å². The Labute approximate surface area is 195 Å². The Morgan fingerprint density at radius 2 is 1.81 bits per heavy atom. The maximum absolute atomic E-state index is 13.0. The third-order valence-corrected chi connectivity index (χ3v) is 5.51. The van der Waals surface area contributed by atoms with E-state index < -0.39 is 17.7 Å². The molecule has 0 radical (unpaired) electrons. The molecule has 2 aromatic carbocycles. The van der Waals surface area contributed by atoms with Gasteiger partial charge in [-0.15, -0.1) is 0 Å². The van der Waals surface area contributed by atoms with Crippen molar-refractivity contribution in [2.75, 3.05) is 33.0 Å². The van der Waals surface area contributed by atoms with E-state index in [0.29, 0.717) is 28.5 Å². The molecule has 32 heavy (non-hydrogen) atoms. The summed E-state index contributed by atoms with van der Waals surface area (Å²) in [5.41, 5.74) is 0.730. The van der Waals surface area contributed by atoms with Crippen LogP contribution in [0.25, 0.3) is 5.76 Å². The molecule has 9 heteroatoms. The van der Waals surface area contributed by atoms with Gasteiger partial charge < -0.3 is 24.6 Å². The van der Waals surface area contributed by atoms with E-state index in [9.17, 15) is 14.7 Å². The largest absolute Gasteiger partial charge is 0.507 e. The topological polar surface area (TPSA) is 96.3 Å². The molecule has 2 aromatic rings. The number of carbonyl (C=O) groups excluding carboxylic acids is 2. The number of hydrogen-bond acceptors (Lipinski definition) is 6. The first kappa shape index (κ1) is 24.1. The first-order valence-electron chi connectivity index (χ1n) is 10.0. The molecule has 170 valence electrons. The number of ketones is 1. The molecule has 0 bridgehead atoms. The van der Waals surface area contributed by atoms with Crippen LogP contribution in [0.15, 0.2) is 48.0 Å². The van der Waals surface area contributed by atoms with Gasteiger partial charge in [-0.2, -0.15) is 0 Å². The van der Waals surface area contributed by atoms with Crippen LogP contribution in [-0.2, 0) is 14.3 Å². The molecule has 0 unspecified atom stereocenters. The molecule has 1 fully saturated rings. The fourth-order valence-electron chi connectivity index (χ4n) is 3.52. The Morgan fingerprint density at radius 1 is 1.09 bits per heavy atom.